The van der Waals surface area contributed by atoms with Gasteiger partial charge >= 0.3 is 0 Å². The Hall–Kier alpha value is -1.48. The predicted molar refractivity (Wildman–Crippen MR) is 107 cm³/mol. The van der Waals surface area contributed by atoms with Crippen LogP contribution in [0.2, 0.25) is 0 Å². The van der Waals surface area contributed by atoms with Crippen LogP contribution in [0.25, 0.3) is 0 Å². The maximum Gasteiger partial charge on any atom is 0.193 e. The molecule has 0 aliphatic carbocycles. The smallest absolute Gasteiger partial charge is 0.193 e. The van der Waals surface area contributed by atoms with Crippen LogP contribution >= 0.6 is 35.3 Å². The average molecular weight is 447 g/mol. The van der Waals surface area contributed by atoms with Gasteiger partial charge in [0.05, 0.1) is 25.4 Å². The van der Waals surface area contributed by atoms with Crippen molar-refractivity contribution in [2.75, 3.05) is 18.5 Å². The summed E-state index contributed by atoms with van der Waals surface area (Å²) in [6.07, 6.45) is 0. The highest BCUT2D eigenvalue weighted by atomic mass is 127. The van der Waals surface area contributed by atoms with E-state index in [1.165, 1.54) is 0 Å². The molecule has 0 radical (unpaired) electrons. The van der Waals surface area contributed by atoms with E-state index in [0.717, 1.165) is 22.1 Å². The van der Waals surface area contributed by atoms with E-state index < -0.39 is 0 Å². The molecule has 0 spiro atoms. The first-order valence-electron chi connectivity index (χ1n) is 7.22. The van der Waals surface area contributed by atoms with Gasteiger partial charge in [-0.15, -0.1) is 35.3 Å². The molecule has 0 amide bonds. The van der Waals surface area contributed by atoms with Crippen molar-refractivity contribution in [1.82, 2.24) is 0 Å². The monoisotopic (exact) mass is 447 g/mol. The van der Waals surface area contributed by atoms with Gasteiger partial charge in [-0.05, 0) is 37.4 Å². The fraction of sp³-hybridized carbons (Fsp3) is 0.312. The molecule has 0 aliphatic heterocycles. The Morgan fingerprint density at radius 3 is 2.65 bits per heavy atom. The number of ether oxygens (including phenoxy) is 2. The number of anilines is 1. The highest BCUT2D eigenvalue weighted by molar-refractivity contribution is 14.0. The molecule has 5 nitrogen and oxygen atoms in total. The normalized spacial score (nSPS) is 10.8. The SMILES string of the molecule is CCOc1ccc(OCC)c(NC(N)=NCc2cccs2)c1.I. The maximum atomic E-state index is 5.96. The molecule has 1 heterocycles. The summed E-state index contributed by atoms with van der Waals surface area (Å²) in [4.78, 5) is 5.50. The summed E-state index contributed by atoms with van der Waals surface area (Å²) < 4.78 is 11.1. The van der Waals surface area contributed by atoms with E-state index in [1.54, 1.807) is 11.3 Å². The summed E-state index contributed by atoms with van der Waals surface area (Å²) in [5.74, 6) is 1.84. The maximum absolute atomic E-state index is 5.96. The van der Waals surface area contributed by atoms with E-state index in [4.69, 9.17) is 15.2 Å². The Bertz CT molecular complexity index is 618. The third kappa shape index (κ3) is 6.26. The second-order valence-corrected chi connectivity index (χ2v) is 5.46. The number of benzene rings is 1. The van der Waals surface area contributed by atoms with Gasteiger partial charge in [0, 0.05) is 10.9 Å². The highest BCUT2D eigenvalue weighted by Gasteiger charge is 2.07. The molecule has 3 N–H and O–H groups in total. The van der Waals surface area contributed by atoms with Crippen molar-refractivity contribution >= 4 is 47.0 Å². The van der Waals surface area contributed by atoms with Gasteiger partial charge in [-0.25, -0.2) is 4.99 Å². The number of rotatable bonds is 7. The average Bonchev–Trinajstić information content (AvgIpc) is 3.02. The van der Waals surface area contributed by atoms with Crippen molar-refractivity contribution in [2.45, 2.75) is 20.4 Å². The van der Waals surface area contributed by atoms with Crippen LogP contribution in [0.3, 0.4) is 0 Å². The number of thiophene rings is 1. The highest BCUT2D eigenvalue weighted by Crippen LogP contribution is 2.29. The van der Waals surface area contributed by atoms with E-state index >= 15 is 0 Å². The summed E-state index contributed by atoms with van der Waals surface area (Å²) in [5, 5.41) is 5.11. The minimum atomic E-state index is 0. The van der Waals surface area contributed by atoms with Gasteiger partial charge in [-0.1, -0.05) is 6.07 Å². The summed E-state index contributed by atoms with van der Waals surface area (Å²) in [6.45, 7) is 5.63. The number of hydrogen-bond donors (Lipinski definition) is 2. The van der Waals surface area contributed by atoms with Crippen LogP contribution in [0.15, 0.2) is 40.7 Å². The van der Waals surface area contributed by atoms with Crippen LogP contribution in [0.5, 0.6) is 11.5 Å². The Labute approximate surface area is 157 Å². The molecule has 0 atom stereocenters. The van der Waals surface area contributed by atoms with E-state index in [1.807, 2.05) is 49.6 Å². The van der Waals surface area contributed by atoms with Gasteiger partial charge in [0.2, 0.25) is 0 Å². The van der Waals surface area contributed by atoms with Crippen LogP contribution in [0.1, 0.15) is 18.7 Å². The Balaban J connectivity index is 0.00000264. The Morgan fingerprint density at radius 2 is 2.00 bits per heavy atom. The molecule has 0 saturated carbocycles. The molecule has 0 saturated heterocycles. The van der Waals surface area contributed by atoms with Crippen molar-refractivity contribution in [3.05, 3.63) is 40.6 Å². The number of aliphatic imine (C=N–C) groups is 1. The lowest BCUT2D eigenvalue weighted by molar-refractivity contribution is 0.332. The van der Waals surface area contributed by atoms with E-state index in [0.29, 0.717) is 25.7 Å². The lowest BCUT2D eigenvalue weighted by Gasteiger charge is -2.13. The first-order valence-corrected chi connectivity index (χ1v) is 8.09. The van der Waals surface area contributed by atoms with E-state index in [2.05, 4.69) is 10.3 Å². The fourth-order valence-corrected chi connectivity index (χ4v) is 2.52. The van der Waals surface area contributed by atoms with Crippen molar-refractivity contribution < 1.29 is 9.47 Å². The molecular weight excluding hydrogens is 425 g/mol. The molecule has 1 aromatic carbocycles. The molecule has 2 aromatic rings. The second-order valence-electron chi connectivity index (χ2n) is 4.43. The first kappa shape index (κ1) is 19.6. The molecule has 0 fully saturated rings. The van der Waals surface area contributed by atoms with Crippen LogP contribution in [0.4, 0.5) is 5.69 Å². The molecule has 2 rings (SSSR count). The van der Waals surface area contributed by atoms with Gasteiger partial charge in [-0.3, -0.25) is 0 Å². The number of nitrogens with zero attached hydrogens (tertiary/aromatic N) is 1. The van der Waals surface area contributed by atoms with Gasteiger partial charge < -0.3 is 20.5 Å². The van der Waals surface area contributed by atoms with Crippen molar-refractivity contribution in [1.29, 1.82) is 0 Å². The van der Waals surface area contributed by atoms with E-state index in [-0.39, 0.29) is 24.0 Å². The summed E-state index contributed by atoms with van der Waals surface area (Å²) >= 11 is 1.66. The lowest BCUT2D eigenvalue weighted by atomic mass is 10.2. The van der Waals surface area contributed by atoms with Crippen molar-refractivity contribution in [3.8, 4) is 11.5 Å². The topological polar surface area (TPSA) is 68.9 Å². The zero-order valence-electron chi connectivity index (χ0n) is 13.2. The summed E-state index contributed by atoms with van der Waals surface area (Å²) in [5.41, 5.74) is 6.71. The minimum Gasteiger partial charge on any atom is -0.494 e. The standard InChI is InChI=1S/C16H21N3O2S.HI/c1-3-20-12-7-8-15(21-4-2)14(10-12)19-16(17)18-11-13-6-5-9-22-13;/h5-10H,3-4,11H2,1-2H3,(H3,17,18,19);1H. The van der Waals surface area contributed by atoms with Gasteiger partial charge in [0.15, 0.2) is 5.96 Å². The molecule has 0 aliphatic rings. The van der Waals surface area contributed by atoms with Crippen LogP contribution in [0, 0.1) is 0 Å². The number of hydrogen-bond acceptors (Lipinski definition) is 4. The summed E-state index contributed by atoms with van der Waals surface area (Å²) in [7, 11) is 0. The van der Waals surface area contributed by atoms with Crippen molar-refractivity contribution in [2.24, 2.45) is 10.7 Å². The molecule has 0 bridgehead atoms. The van der Waals surface area contributed by atoms with Crippen LogP contribution in [-0.4, -0.2) is 19.2 Å². The van der Waals surface area contributed by atoms with Crippen LogP contribution < -0.4 is 20.5 Å². The third-order valence-corrected chi connectivity index (χ3v) is 3.67. The number of halogens is 1. The fourth-order valence-electron chi connectivity index (χ4n) is 1.89. The van der Waals surface area contributed by atoms with Gasteiger partial charge in [-0.2, -0.15) is 0 Å². The van der Waals surface area contributed by atoms with Crippen molar-refractivity contribution in [3.63, 3.8) is 0 Å². The van der Waals surface area contributed by atoms with Gasteiger partial charge in [0.25, 0.3) is 0 Å². The molecule has 1 aromatic heterocycles. The Morgan fingerprint density at radius 1 is 1.22 bits per heavy atom. The predicted octanol–water partition coefficient (Wildman–Crippen LogP) is 4.09. The number of nitrogens with one attached hydrogen (secondary N) is 1. The molecule has 7 heteroatoms. The van der Waals surface area contributed by atoms with E-state index in [9.17, 15) is 0 Å². The minimum absolute atomic E-state index is 0. The second kappa shape index (κ2) is 10.3. The lowest BCUT2D eigenvalue weighted by Crippen LogP contribution is -2.23. The zero-order chi connectivity index (χ0) is 15.8. The Kier molecular flexibility index (Phi) is 8.78. The molecule has 126 valence electrons. The molecule has 23 heavy (non-hydrogen) atoms. The number of nitrogens with two attached hydrogens (primary N) is 1. The summed E-state index contributed by atoms with van der Waals surface area (Å²) in [6, 6.07) is 9.63. The first-order chi connectivity index (χ1) is 10.7. The van der Waals surface area contributed by atoms with Gasteiger partial charge in [0.1, 0.15) is 11.5 Å². The zero-order valence-corrected chi connectivity index (χ0v) is 16.4. The van der Waals surface area contributed by atoms with Crippen LogP contribution in [-0.2, 0) is 6.54 Å². The quantitative estimate of drug-likeness (QED) is 0.381. The molecule has 0 unspecified atom stereocenters. The number of guanidine groups is 1. The largest absolute Gasteiger partial charge is 0.494 e. The molecular formula is C16H22IN3O2S. The third-order valence-electron chi connectivity index (χ3n) is 2.81.